The van der Waals surface area contributed by atoms with Crippen LogP contribution < -0.4 is 16.4 Å². The van der Waals surface area contributed by atoms with Gasteiger partial charge < -0.3 is 16.4 Å². The van der Waals surface area contributed by atoms with E-state index in [1.165, 1.54) is 0 Å². The first-order chi connectivity index (χ1) is 16.3. The van der Waals surface area contributed by atoms with Gasteiger partial charge in [-0.1, -0.05) is 47.5 Å². The lowest BCUT2D eigenvalue weighted by atomic mass is 9.81. The van der Waals surface area contributed by atoms with Crippen LogP contribution in [0.25, 0.3) is 22.3 Å². The molecule has 3 heterocycles. The quantitative estimate of drug-likeness (QED) is 0.347. The van der Waals surface area contributed by atoms with E-state index in [-0.39, 0.29) is 5.69 Å². The van der Waals surface area contributed by atoms with Gasteiger partial charge in [-0.2, -0.15) is 10.1 Å². The van der Waals surface area contributed by atoms with E-state index in [9.17, 15) is 4.79 Å². The summed E-state index contributed by atoms with van der Waals surface area (Å²) in [5.74, 6) is -0.329. The van der Waals surface area contributed by atoms with Gasteiger partial charge in [0.15, 0.2) is 5.65 Å². The molecule has 5 N–H and O–H groups in total. The molecule has 34 heavy (non-hydrogen) atoms. The van der Waals surface area contributed by atoms with Crippen LogP contribution in [-0.4, -0.2) is 51.4 Å². The van der Waals surface area contributed by atoms with E-state index in [2.05, 4.69) is 31.9 Å². The summed E-state index contributed by atoms with van der Waals surface area (Å²) < 4.78 is 0. The number of allylic oxidation sites excluding steroid dienone is 1. The number of fused-ring (bicyclic) bond motifs is 1. The van der Waals surface area contributed by atoms with Gasteiger partial charge in [-0.3, -0.25) is 14.9 Å². The van der Waals surface area contributed by atoms with Crippen molar-refractivity contribution in [1.29, 1.82) is 0 Å². The van der Waals surface area contributed by atoms with Crippen molar-refractivity contribution in [3.05, 3.63) is 57.9 Å². The highest BCUT2D eigenvalue weighted by molar-refractivity contribution is 6.43. The van der Waals surface area contributed by atoms with Gasteiger partial charge in [-0.25, -0.2) is 4.98 Å². The molecule has 1 saturated heterocycles. The summed E-state index contributed by atoms with van der Waals surface area (Å²) in [6.45, 7) is 6.63. The molecule has 1 amide bonds. The second-order valence-corrected chi connectivity index (χ2v) is 8.83. The lowest BCUT2D eigenvalue weighted by Crippen LogP contribution is -2.51. The van der Waals surface area contributed by atoms with Crippen molar-refractivity contribution in [3.8, 4) is 11.3 Å². The monoisotopic (exact) mass is 498 g/mol. The van der Waals surface area contributed by atoms with Gasteiger partial charge in [-0.15, -0.1) is 0 Å². The number of amides is 1. The minimum Gasteiger partial charge on any atom is -0.364 e. The number of nitrogens with zero attached hydrogens (tertiary/aromatic N) is 5. The summed E-state index contributed by atoms with van der Waals surface area (Å²) in [6, 6.07) is 5.16. The summed E-state index contributed by atoms with van der Waals surface area (Å²) in [5, 5.41) is 8.28. The van der Waals surface area contributed by atoms with Crippen molar-refractivity contribution >= 4 is 52.8 Å². The van der Waals surface area contributed by atoms with Crippen molar-refractivity contribution in [2.75, 3.05) is 18.0 Å². The van der Waals surface area contributed by atoms with Crippen molar-refractivity contribution < 1.29 is 4.79 Å². The second-order valence-electron chi connectivity index (χ2n) is 8.04. The number of hydrogen-bond acceptors (Lipinski definition) is 7. The Morgan fingerprint density at radius 2 is 2.03 bits per heavy atom. The summed E-state index contributed by atoms with van der Waals surface area (Å²) in [7, 11) is 0. The largest absolute Gasteiger partial charge is 0.364 e. The Balaban J connectivity index is 1.71. The molecule has 2 aromatic heterocycles. The molecule has 176 valence electrons. The number of aliphatic imine (C=N–C) groups is 1. The smallest absolute Gasteiger partial charge is 0.268 e. The maximum absolute atomic E-state index is 12.4. The van der Waals surface area contributed by atoms with Gasteiger partial charge in [0, 0.05) is 30.4 Å². The Labute approximate surface area is 206 Å². The van der Waals surface area contributed by atoms with Gasteiger partial charge in [-0.05, 0) is 38.1 Å². The molecule has 11 heteroatoms. The molecule has 1 aliphatic rings. The van der Waals surface area contributed by atoms with Gasteiger partial charge in [0.05, 0.1) is 15.4 Å². The maximum atomic E-state index is 12.4. The lowest BCUT2D eigenvalue weighted by Gasteiger charge is -2.40. The third-order valence-electron chi connectivity index (χ3n) is 5.94. The SMILES string of the molecule is C=N/C=C(\C=C/C)C1(N)CCN(c2nc(C(N)=O)c3c(-c4cccc(Cl)c4Cl)n[nH]c3n2)CC1. The number of piperidine rings is 1. The Hall–Kier alpha value is -3.27. The number of nitrogens with one attached hydrogen (secondary N) is 1. The minimum absolute atomic E-state index is 0.0507. The molecule has 0 saturated carbocycles. The molecule has 1 aliphatic heterocycles. The summed E-state index contributed by atoms with van der Waals surface area (Å²) in [5.41, 5.74) is 14.1. The molecule has 1 aromatic carbocycles. The molecule has 0 radical (unpaired) electrons. The normalized spacial score (nSPS) is 16.4. The number of carbonyl (C=O) groups is 1. The average molecular weight is 499 g/mol. The average Bonchev–Trinajstić information content (AvgIpc) is 3.24. The summed E-state index contributed by atoms with van der Waals surface area (Å²) >= 11 is 12.6. The fraction of sp³-hybridized carbons (Fsp3) is 0.261. The van der Waals surface area contributed by atoms with Gasteiger partial charge >= 0.3 is 0 Å². The van der Waals surface area contributed by atoms with Crippen LogP contribution in [0, 0.1) is 0 Å². The zero-order valence-electron chi connectivity index (χ0n) is 18.6. The third kappa shape index (κ3) is 4.29. The predicted octanol–water partition coefficient (Wildman–Crippen LogP) is 3.88. The highest BCUT2D eigenvalue weighted by atomic mass is 35.5. The number of benzene rings is 1. The number of rotatable bonds is 6. The molecule has 1 fully saturated rings. The van der Waals surface area contributed by atoms with Crippen LogP contribution >= 0.6 is 23.2 Å². The number of halogens is 2. The first-order valence-electron chi connectivity index (χ1n) is 10.6. The molecule has 0 atom stereocenters. The predicted molar refractivity (Wildman–Crippen MR) is 136 cm³/mol. The van der Waals surface area contributed by atoms with Gasteiger partial charge in [0.2, 0.25) is 5.95 Å². The molecule has 0 bridgehead atoms. The van der Waals surface area contributed by atoms with Crippen LogP contribution in [0.4, 0.5) is 5.95 Å². The molecular weight excluding hydrogens is 475 g/mol. The van der Waals surface area contributed by atoms with Gasteiger partial charge in [0.25, 0.3) is 5.91 Å². The Bertz CT molecular complexity index is 1320. The standard InChI is InChI=1S/C23H24Cl2N8O/c1-3-5-13(12-28-2)23(27)8-10-33(11-9-23)22-29-19(20(26)34)16-18(31-32-21(16)30-22)14-6-4-7-15(24)17(14)25/h3-7,12H,2,8-11,27H2,1H3,(H2,26,34)(H,29,30,31,32)/b5-3-,13-12+. The van der Waals surface area contributed by atoms with E-state index in [0.717, 1.165) is 5.57 Å². The van der Waals surface area contributed by atoms with E-state index in [1.807, 2.05) is 24.0 Å². The highest BCUT2D eigenvalue weighted by Gasteiger charge is 2.34. The van der Waals surface area contributed by atoms with Crippen molar-refractivity contribution in [2.45, 2.75) is 25.3 Å². The zero-order valence-corrected chi connectivity index (χ0v) is 20.1. The number of nitrogens with two attached hydrogens (primary N) is 2. The number of aromatic amines is 1. The number of hydrogen-bond donors (Lipinski definition) is 3. The summed E-state index contributed by atoms with van der Waals surface area (Å²) in [4.78, 5) is 27.4. The molecule has 4 rings (SSSR count). The molecule has 0 unspecified atom stereocenters. The second kappa shape index (κ2) is 9.54. The van der Waals surface area contributed by atoms with Crippen molar-refractivity contribution in [3.63, 3.8) is 0 Å². The Morgan fingerprint density at radius 3 is 2.68 bits per heavy atom. The van der Waals surface area contributed by atoms with E-state index in [4.69, 9.17) is 34.7 Å². The lowest BCUT2D eigenvalue weighted by molar-refractivity contribution is 0.0997. The third-order valence-corrected chi connectivity index (χ3v) is 6.76. The molecule has 9 nitrogen and oxygen atoms in total. The fourth-order valence-electron chi connectivity index (χ4n) is 4.13. The number of aromatic nitrogens is 4. The number of anilines is 1. The molecule has 0 aliphatic carbocycles. The topological polar surface area (TPSA) is 139 Å². The van der Waals surface area contributed by atoms with Crippen molar-refractivity contribution in [1.82, 2.24) is 20.2 Å². The first-order valence-corrected chi connectivity index (χ1v) is 11.4. The minimum atomic E-state index is -0.699. The van der Waals surface area contributed by atoms with E-state index < -0.39 is 11.4 Å². The van der Waals surface area contributed by atoms with Crippen LogP contribution in [0.15, 0.2) is 47.1 Å². The zero-order chi connectivity index (χ0) is 24.5. The summed E-state index contributed by atoms with van der Waals surface area (Å²) in [6.07, 6.45) is 6.84. The number of carbonyl (C=O) groups excluding carboxylic acids is 1. The van der Waals surface area contributed by atoms with Crippen LogP contribution in [0.3, 0.4) is 0 Å². The maximum Gasteiger partial charge on any atom is 0.268 e. The van der Waals surface area contributed by atoms with Crippen LogP contribution in [0.1, 0.15) is 30.3 Å². The van der Waals surface area contributed by atoms with Crippen LogP contribution in [-0.2, 0) is 0 Å². The van der Waals surface area contributed by atoms with Crippen molar-refractivity contribution in [2.24, 2.45) is 16.5 Å². The van der Waals surface area contributed by atoms with E-state index in [0.29, 0.717) is 64.2 Å². The Morgan fingerprint density at radius 1 is 1.29 bits per heavy atom. The van der Waals surface area contributed by atoms with E-state index in [1.54, 1.807) is 24.4 Å². The Kier molecular flexibility index (Phi) is 6.70. The first kappa shape index (κ1) is 23.9. The van der Waals surface area contributed by atoms with E-state index >= 15 is 0 Å². The van der Waals surface area contributed by atoms with Crippen LogP contribution in [0.2, 0.25) is 10.0 Å². The van der Waals surface area contributed by atoms with Crippen LogP contribution in [0.5, 0.6) is 0 Å². The number of H-pyrrole nitrogens is 1. The number of primary amides is 1. The van der Waals surface area contributed by atoms with Gasteiger partial charge in [0.1, 0.15) is 11.4 Å². The highest BCUT2D eigenvalue weighted by Crippen LogP contribution is 2.37. The molecular formula is C23H24Cl2N8O. The fourth-order valence-corrected chi connectivity index (χ4v) is 4.52. The molecule has 3 aromatic rings. The molecule has 0 spiro atoms.